The molecule has 1 heterocycles. The van der Waals surface area contributed by atoms with Crippen molar-refractivity contribution in [3.63, 3.8) is 0 Å². The zero-order chi connectivity index (χ0) is 17.8. The minimum atomic E-state index is 0.407. The van der Waals surface area contributed by atoms with E-state index >= 15 is 0 Å². The maximum atomic E-state index is 4.53. The Balaban J connectivity index is 1.84. The fourth-order valence-electron chi connectivity index (χ4n) is 2.66. The first-order valence-corrected chi connectivity index (χ1v) is 8.43. The van der Waals surface area contributed by atoms with Crippen LogP contribution in [0.15, 0.2) is 48.7 Å². The minimum absolute atomic E-state index is 0.407. The summed E-state index contributed by atoms with van der Waals surface area (Å²) in [6.45, 7) is 8.49. The molecule has 128 valence electrons. The first-order chi connectivity index (χ1) is 12.0. The fraction of sp³-hybridized carbons (Fsp3) is 0.250. The molecular weight excluding hydrogens is 310 g/mol. The summed E-state index contributed by atoms with van der Waals surface area (Å²) < 4.78 is 0. The van der Waals surface area contributed by atoms with Gasteiger partial charge in [0.1, 0.15) is 0 Å². The lowest BCUT2D eigenvalue weighted by Crippen LogP contribution is -2.06. The number of hydrogen-bond donors (Lipinski definition) is 2. The molecule has 5 heteroatoms. The quantitative estimate of drug-likeness (QED) is 0.680. The average Bonchev–Trinajstić information content (AvgIpc) is 2.59. The van der Waals surface area contributed by atoms with Gasteiger partial charge in [0, 0.05) is 11.4 Å². The zero-order valence-electron chi connectivity index (χ0n) is 15.0. The number of hydrogen-bond acceptors (Lipinski definition) is 5. The van der Waals surface area contributed by atoms with E-state index in [0.29, 0.717) is 17.7 Å². The van der Waals surface area contributed by atoms with Crippen molar-refractivity contribution in [3.05, 3.63) is 65.4 Å². The van der Waals surface area contributed by atoms with Crippen molar-refractivity contribution in [1.82, 2.24) is 15.2 Å². The van der Waals surface area contributed by atoms with Crippen LogP contribution in [0.1, 0.15) is 36.5 Å². The Morgan fingerprint density at radius 1 is 0.920 bits per heavy atom. The molecule has 0 bridgehead atoms. The smallest absolute Gasteiger partial charge is 0.249 e. The van der Waals surface area contributed by atoms with Crippen LogP contribution in [0.2, 0.25) is 0 Å². The summed E-state index contributed by atoms with van der Waals surface area (Å²) in [5, 5.41) is 14.8. The second kappa shape index (κ2) is 7.30. The van der Waals surface area contributed by atoms with Gasteiger partial charge in [-0.3, -0.25) is 0 Å². The normalized spacial score (nSPS) is 10.8. The first kappa shape index (κ1) is 16.9. The number of benzene rings is 2. The molecule has 0 saturated carbocycles. The first-order valence-electron chi connectivity index (χ1n) is 8.43. The molecule has 0 aliphatic heterocycles. The van der Waals surface area contributed by atoms with Crippen LogP contribution in [0.5, 0.6) is 0 Å². The van der Waals surface area contributed by atoms with E-state index in [1.165, 1.54) is 11.1 Å². The van der Waals surface area contributed by atoms with Crippen LogP contribution in [-0.4, -0.2) is 15.2 Å². The highest BCUT2D eigenvalue weighted by molar-refractivity contribution is 5.65. The van der Waals surface area contributed by atoms with Gasteiger partial charge in [-0.15, -0.1) is 5.10 Å². The summed E-state index contributed by atoms with van der Waals surface area (Å²) in [6, 6.07) is 14.4. The van der Waals surface area contributed by atoms with Crippen molar-refractivity contribution < 1.29 is 0 Å². The fourth-order valence-corrected chi connectivity index (χ4v) is 2.66. The molecule has 25 heavy (non-hydrogen) atoms. The van der Waals surface area contributed by atoms with Crippen LogP contribution in [0.3, 0.4) is 0 Å². The summed E-state index contributed by atoms with van der Waals surface area (Å²) in [4.78, 5) is 4.53. The number of aromatic nitrogens is 3. The van der Waals surface area contributed by atoms with E-state index in [-0.39, 0.29) is 0 Å². The van der Waals surface area contributed by atoms with Crippen molar-refractivity contribution in [1.29, 1.82) is 0 Å². The second-order valence-electron chi connectivity index (χ2n) is 6.48. The lowest BCUT2D eigenvalue weighted by Gasteiger charge is -2.16. The minimum Gasteiger partial charge on any atom is -0.339 e. The Kier molecular flexibility index (Phi) is 4.93. The monoisotopic (exact) mass is 333 g/mol. The Hall–Kier alpha value is -2.95. The van der Waals surface area contributed by atoms with Gasteiger partial charge in [0.15, 0.2) is 5.82 Å². The number of nitrogens with one attached hydrogen (secondary N) is 2. The molecule has 3 aromatic rings. The molecule has 0 amide bonds. The molecule has 1 aromatic heterocycles. The molecule has 3 rings (SSSR count). The lowest BCUT2D eigenvalue weighted by atomic mass is 9.98. The van der Waals surface area contributed by atoms with E-state index in [1.54, 1.807) is 6.20 Å². The largest absolute Gasteiger partial charge is 0.339 e. The second-order valence-corrected chi connectivity index (χ2v) is 6.48. The standard InChI is InChI=1S/C20H23N5/c1-13(2)17-7-5-6-15(4)19(17)24-20-23-18(12-21-25-20)22-16-10-8-14(3)9-11-16/h5-13H,1-4H3,(H2,22,23,24,25). The van der Waals surface area contributed by atoms with Crippen molar-refractivity contribution >= 4 is 23.1 Å². The molecule has 2 N–H and O–H groups in total. The van der Waals surface area contributed by atoms with Gasteiger partial charge >= 0.3 is 0 Å². The lowest BCUT2D eigenvalue weighted by molar-refractivity contribution is 0.865. The molecule has 0 unspecified atom stereocenters. The third-order valence-corrected chi connectivity index (χ3v) is 4.05. The summed E-state index contributed by atoms with van der Waals surface area (Å²) in [5.74, 6) is 1.54. The molecule has 0 radical (unpaired) electrons. The molecule has 0 spiro atoms. The number of aryl methyl sites for hydroxylation is 2. The highest BCUT2D eigenvalue weighted by Gasteiger charge is 2.11. The Morgan fingerprint density at radius 3 is 2.40 bits per heavy atom. The third-order valence-electron chi connectivity index (χ3n) is 4.05. The number of anilines is 4. The van der Waals surface area contributed by atoms with Crippen LogP contribution in [0.4, 0.5) is 23.1 Å². The van der Waals surface area contributed by atoms with Gasteiger partial charge in [0.25, 0.3) is 0 Å². The SMILES string of the molecule is Cc1ccc(Nc2cnnc(Nc3c(C)cccc3C(C)C)n2)cc1. The van der Waals surface area contributed by atoms with Gasteiger partial charge in [-0.2, -0.15) is 10.1 Å². The predicted molar refractivity (Wildman–Crippen MR) is 103 cm³/mol. The van der Waals surface area contributed by atoms with E-state index in [0.717, 1.165) is 16.9 Å². The molecular formula is C20H23N5. The van der Waals surface area contributed by atoms with Gasteiger partial charge in [-0.25, -0.2) is 0 Å². The van der Waals surface area contributed by atoms with Crippen LogP contribution in [-0.2, 0) is 0 Å². The number of nitrogens with zero attached hydrogens (tertiary/aromatic N) is 3. The van der Waals surface area contributed by atoms with Crippen LogP contribution >= 0.6 is 0 Å². The van der Waals surface area contributed by atoms with Gasteiger partial charge in [-0.1, -0.05) is 49.7 Å². The summed E-state index contributed by atoms with van der Waals surface area (Å²) in [6.07, 6.45) is 1.62. The van der Waals surface area contributed by atoms with Crippen LogP contribution in [0, 0.1) is 13.8 Å². The van der Waals surface area contributed by atoms with E-state index in [2.05, 4.69) is 83.8 Å². The zero-order valence-corrected chi connectivity index (χ0v) is 15.0. The number of rotatable bonds is 5. The summed E-state index contributed by atoms with van der Waals surface area (Å²) >= 11 is 0. The molecule has 0 aliphatic carbocycles. The molecule has 5 nitrogen and oxygen atoms in total. The molecule has 0 saturated heterocycles. The Morgan fingerprint density at radius 2 is 1.68 bits per heavy atom. The summed E-state index contributed by atoms with van der Waals surface area (Å²) in [5.41, 5.74) is 5.63. The average molecular weight is 333 g/mol. The van der Waals surface area contributed by atoms with E-state index < -0.39 is 0 Å². The van der Waals surface area contributed by atoms with Crippen molar-refractivity contribution in [2.24, 2.45) is 0 Å². The molecule has 0 atom stereocenters. The molecule has 0 fully saturated rings. The molecule has 0 aliphatic rings. The van der Waals surface area contributed by atoms with Crippen molar-refractivity contribution in [2.45, 2.75) is 33.6 Å². The maximum absolute atomic E-state index is 4.53. The van der Waals surface area contributed by atoms with E-state index in [1.807, 2.05) is 12.1 Å². The Bertz CT molecular complexity index is 856. The maximum Gasteiger partial charge on any atom is 0.249 e. The third kappa shape index (κ3) is 4.12. The highest BCUT2D eigenvalue weighted by Crippen LogP contribution is 2.29. The molecule has 2 aromatic carbocycles. The van der Waals surface area contributed by atoms with Crippen molar-refractivity contribution in [3.8, 4) is 0 Å². The highest BCUT2D eigenvalue weighted by atomic mass is 15.3. The number of para-hydroxylation sites is 1. The van der Waals surface area contributed by atoms with Gasteiger partial charge in [-0.05, 0) is 43.0 Å². The van der Waals surface area contributed by atoms with Crippen LogP contribution < -0.4 is 10.6 Å². The van der Waals surface area contributed by atoms with Crippen LogP contribution in [0.25, 0.3) is 0 Å². The predicted octanol–water partition coefficient (Wildman–Crippen LogP) is 5.10. The van der Waals surface area contributed by atoms with E-state index in [9.17, 15) is 0 Å². The summed E-state index contributed by atoms with van der Waals surface area (Å²) in [7, 11) is 0. The van der Waals surface area contributed by atoms with Gasteiger partial charge in [0.2, 0.25) is 5.95 Å². The van der Waals surface area contributed by atoms with Gasteiger partial charge < -0.3 is 10.6 Å². The van der Waals surface area contributed by atoms with Crippen molar-refractivity contribution in [2.75, 3.05) is 10.6 Å². The Labute approximate surface area is 148 Å². The van der Waals surface area contributed by atoms with E-state index in [4.69, 9.17) is 0 Å². The van der Waals surface area contributed by atoms with Gasteiger partial charge in [0.05, 0.1) is 6.20 Å². The topological polar surface area (TPSA) is 62.7 Å².